The van der Waals surface area contributed by atoms with Gasteiger partial charge in [-0.05, 0) is 23.6 Å². The summed E-state index contributed by atoms with van der Waals surface area (Å²) >= 11 is 0. The van der Waals surface area contributed by atoms with Gasteiger partial charge in [-0.25, -0.2) is 4.39 Å². The van der Waals surface area contributed by atoms with Crippen LogP contribution in [0, 0.1) is 11.2 Å². The minimum absolute atomic E-state index is 0.0672. The highest BCUT2D eigenvalue weighted by molar-refractivity contribution is 6.04. The first kappa shape index (κ1) is 19.0. The Kier molecular flexibility index (Phi) is 5.85. The van der Waals surface area contributed by atoms with Crippen LogP contribution in [0.1, 0.15) is 43.5 Å². The molecule has 0 saturated heterocycles. The maximum absolute atomic E-state index is 14.6. The molecule has 2 heteroatoms. The molecule has 0 bridgehead atoms. The maximum atomic E-state index is 14.6. The molecule has 27 heavy (non-hydrogen) atoms. The zero-order valence-corrected chi connectivity index (χ0v) is 16.2. The van der Waals surface area contributed by atoms with Crippen molar-refractivity contribution in [3.63, 3.8) is 0 Å². The summed E-state index contributed by atoms with van der Waals surface area (Å²) in [5.41, 5.74) is 3.46. The molecule has 1 atom stereocenters. The first-order valence-electron chi connectivity index (χ1n) is 9.37. The smallest absolute Gasteiger partial charge is 0.132 e. The van der Waals surface area contributed by atoms with Crippen LogP contribution in [0.15, 0.2) is 89.9 Å². The molecule has 0 N–H and O–H groups in total. The van der Waals surface area contributed by atoms with Crippen LogP contribution in [-0.4, -0.2) is 5.71 Å². The number of halogens is 1. The van der Waals surface area contributed by atoms with Crippen molar-refractivity contribution >= 4 is 5.71 Å². The minimum atomic E-state index is -0.272. The second kappa shape index (κ2) is 8.30. The molecule has 0 amide bonds. The first-order valence-corrected chi connectivity index (χ1v) is 9.37. The van der Waals surface area contributed by atoms with Crippen LogP contribution >= 0.6 is 0 Å². The van der Waals surface area contributed by atoms with Crippen LogP contribution < -0.4 is 0 Å². The largest absolute Gasteiger partial charge is 0.280 e. The van der Waals surface area contributed by atoms with E-state index in [-0.39, 0.29) is 17.3 Å². The van der Waals surface area contributed by atoms with E-state index >= 15 is 0 Å². The number of aliphatic imine (C=N–C) groups is 1. The Labute approximate surface area is 161 Å². The highest BCUT2D eigenvalue weighted by Crippen LogP contribution is 2.30. The van der Waals surface area contributed by atoms with Crippen LogP contribution in [0.3, 0.4) is 0 Å². The number of hydrogen-bond acceptors (Lipinski definition) is 1. The Hall–Kier alpha value is -2.74. The van der Waals surface area contributed by atoms with Gasteiger partial charge in [0.05, 0.1) is 11.8 Å². The van der Waals surface area contributed by atoms with Gasteiger partial charge in [-0.15, -0.1) is 0 Å². The predicted molar refractivity (Wildman–Crippen MR) is 112 cm³/mol. The average molecular weight is 359 g/mol. The Morgan fingerprint density at radius 3 is 1.96 bits per heavy atom. The summed E-state index contributed by atoms with van der Waals surface area (Å²) in [4.78, 5) is 5.12. The molecule has 3 aromatic carbocycles. The predicted octanol–water partition coefficient (Wildman–Crippen LogP) is 6.64. The fourth-order valence-electron chi connectivity index (χ4n) is 3.23. The summed E-state index contributed by atoms with van der Waals surface area (Å²) in [6.45, 7) is 6.26. The normalized spacial score (nSPS) is 13.4. The number of rotatable bonds is 5. The monoisotopic (exact) mass is 359 g/mol. The highest BCUT2D eigenvalue weighted by Gasteiger charge is 2.25. The van der Waals surface area contributed by atoms with Gasteiger partial charge in [-0.1, -0.05) is 99.6 Å². The van der Waals surface area contributed by atoms with E-state index in [1.54, 1.807) is 6.07 Å². The zero-order valence-electron chi connectivity index (χ0n) is 16.2. The SMILES string of the molecule is CC(C)(C)C(=NC(Cc1ccccc1)c1ccccc1)c1ccccc1F. The lowest BCUT2D eigenvalue weighted by Gasteiger charge is -2.25. The van der Waals surface area contributed by atoms with Crippen molar-refractivity contribution in [2.45, 2.75) is 33.2 Å². The van der Waals surface area contributed by atoms with E-state index in [4.69, 9.17) is 4.99 Å². The van der Waals surface area contributed by atoms with Crippen molar-refractivity contribution in [3.8, 4) is 0 Å². The van der Waals surface area contributed by atoms with Crippen LogP contribution in [-0.2, 0) is 6.42 Å². The summed E-state index contributed by atoms with van der Waals surface area (Å²) in [5.74, 6) is -0.224. The fourth-order valence-corrected chi connectivity index (χ4v) is 3.23. The van der Waals surface area contributed by atoms with Gasteiger partial charge in [-0.2, -0.15) is 0 Å². The molecule has 0 radical (unpaired) electrons. The van der Waals surface area contributed by atoms with Gasteiger partial charge in [0.25, 0.3) is 0 Å². The molecule has 0 aliphatic rings. The van der Waals surface area contributed by atoms with E-state index in [1.165, 1.54) is 11.6 Å². The summed E-state index contributed by atoms with van der Waals surface area (Å²) in [6.07, 6.45) is 0.777. The van der Waals surface area contributed by atoms with Gasteiger partial charge in [0, 0.05) is 11.0 Å². The molecule has 0 fully saturated rings. The summed E-state index contributed by atoms with van der Waals surface area (Å²) in [6, 6.07) is 27.5. The topological polar surface area (TPSA) is 12.4 Å². The molecule has 0 heterocycles. The molecule has 0 saturated carbocycles. The third-order valence-corrected chi connectivity index (χ3v) is 4.58. The number of nitrogens with zero attached hydrogens (tertiary/aromatic N) is 1. The molecule has 0 aliphatic carbocycles. The van der Waals surface area contributed by atoms with Gasteiger partial charge in [0.15, 0.2) is 0 Å². The highest BCUT2D eigenvalue weighted by atomic mass is 19.1. The molecular weight excluding hydrogens is 333 g/mol. The lowest BCUT2D eigenvalue weighted by molar-refractivity contribution is 0.567. The molecular formula is C25H26FN. The summed E-state index contributed by atoms with van der Waals surface area (Å²) < 4.78 is 14.6. The number of hydrogen-bond donors (Lipinski definition) is 0. The lowest BCUT2D eigenvalue weighted by atomic mass is 9.84. The van der Waals surface area contributed by atoms with Crippen molar-refractivity contribution in [2.75, 3.05) is 0 Å². The quantitative estimate of drug-likeness (QED) is 0.453. The summed E-state index contributed by atoms with van der Waals surface area (Å²) in [7, 11) is 0. The molecule has 0 spiro atoms. The van der Waals surface area contributed by atoms with E-state index in [0.29, 0.717) is 5.56 Å². The van der Waals surface area contributed by atoms with Crippen molar-refractivity contribution < 1.29 is 4.39 Å². The lowest BCUT2D eigenvalue weighted by Crippen LogP contribution is -2.24. The third-order valence-electron chi connectivity index (χ3n) is 4.58. The fraction of sp³-hybridized carbons (Fsp3) is 0.240. The Morgan fingerprint density at radius 1 is 0.815 bits per heavy atom. The van der Waals surface area contributed by atoms with E-state index in [1.807, 2.05) is 48.5 Å². The molecule has 0 aliphatic heterocycles. The molecule has 3 rings (SSSR count). The van der Waals surface area contributed by atoms with E-state index < -0.39 is 0 Å². The van der Waals surface area contributed by atoms with E-state index in [2.05, 4.69) is 45.0 Å². The molecule has 1 unspecified atom stereocenters. The van der Waals surface area contributed by atoms with Crippen LogP contribution in [0.2, 0.25) is 0 Å². The second-order valence-corrected chi connectivity index (χ2v) is 7.82. The van der Waals surface area contributed by atoms with Crippen molar-refractivity contribution in [3.05, 3.63) is 107 Å². The van der Waals surface area contributed by atoms with Gasteiger partial charge >= 0.3 is 0 Å². The maximum Gasteiger partial charge on any atom is 0.132 e. The third kappa shape index (κ3) is 4.91. The minimum Gasteiger partial charge on any atom is -0.280 e. The van der Waals surface area contributed by atoms with Crippen LogP contribution in [0.25, 0.3) is 0 Å². The summed E-state index contributed by atoms with van der Waals surface area (Å²) in [5, 5.41) is 0. The Balaban J connectivity index is 2.10. The van der Waals surface area contributed by atoms with Crippen molar-refractivity contribution in [1.82, 2.24) is 0 Å². The Bertz CT molecular complexity index is 892. The van der Waals surface area contributed by atoms with Crippen molar-refractivity contribution in [2.24, 2.45) is 10.4 Å². The molecule has 0 aromatic heterocycles. The van der Waals surface area contributed by atoms with Gasteiger partial charge < -0.3 is 0 Å². The molecule has 138 valence electrons. The van der Waals surface area contributed by atoms with Crippen molar-refractivity contribution in [1.29, 1.82) is 0 Å². The standard InChI is InChI=1S/C25H26FN/c1-25(2,3)24(21-16-10-11-17-22(21)26)27-23(20-14-8-5-9-15-20)18-19-12-6-4-7-13-19/h4-17,23H,18H2,1-3H3. The van der Waals surface area contributed by atoms with Gasteiger partial charge in [0.2, 0.25) is 0 Å². The first-order chi connectivity index (χ1) is 12.9. The Morgan fingerprint density at radius 2 is 1.37 bits per heavy atom. The van der Waals surface area contributed by atoms with Gasteiger partial charge in [0.1, 0.15) is 5.82 Å². The van der Waals surface area contributed by atoms with E-state index in [9.17, 15) is 4.39 Å². The second-order valence-electron chi connectivity index (χ2n) is 7.82. The number of benzene rings is 3. The average Bonchev–Trinajstić information content (AvgIpc) is 2.66. The van der Waals surface area contributed by atoms with Gasteiger partial charge in [-0.3, -0.25) is 4.99 Å². The van der Waals surface area contributed by atoms with E-state index in [0.717, 1.165) is 17.7 Å². The zero-order chi connectivity index (χ0) is 19.3. The molecule has 1 nitrogen and oxygen atoms in total. The molecule has 3 aromatic rings. The van der Waals surface area contributed by atoms with Crippen LogP contribution in [0.4, 0.5) is 4.39 Å². The van der Waals surface area contributed by atoms with Crippen LogP contribution in [0.5, 0.6) is 0 Å².